The lowest BCUT2D eigenvalue weighted by Gasteiger charge is -2.32. The molecule has 0 unspecified atom stereocenters. The van der Waals surface area contributed by atoms with Crippen molar-refractivity contribution in [2.24, 2.45) is 4.99 Å². The van der Waals surface area contributed by atoms with E-state index < -0.39 is 13.0 Å². The summed E-state index contributed by atoms with van der Waals surface area (Å²) in [6, 6.07) is 0. The number of hydrogen-bond acceptors (Lipinski definition) is 6. The Labute approximate surface area is 115 Å². The molecule has 0 aliphatic carbocycles. The summed E-state index contributed by atoms with van der Waals surface area (Å²) in [6.45, 7) is 8.14. The van der Waals surface area contributed by atoms with E-state index in [4.69, 9.17) is 9.31 Å². The van der Waals surface area contributed by atoms with Crippen LogP contribution in [0.25, 0.3) is 0 Å². The predicted molar refractivity (Wildman–Crippen MR) is 76.6 cm³/mol. The Morgan fingerprint density at radius 1 is 1.11 bits per heavy atom. The smallest absolute Gasteiger partial charge is 0.399 e. The first-order chi connectivity index (χ1) is 8.75. The highest BCUT2D eigenvalue weighted by Gasteiger charge is 2.52. The number of hydrogen-bond donors (Lipinski definition) is 3. The molecule has 0 saturated carbocycles. The van der Waals surface area contributed by atoms with Gasteiger partial charge in [-0.05, 0) is 41.8 Å². The van der Waals surface area contributed by atoms with Gasteiger partial charge in [0.25, 0.3) is 0 Å². The molecule has 1 fully saturated rings. The monoisotopic (exact) mass is 266 g/mol. The molecular weight excluding hydrogens is 243 g/mol. The quantitative estimate of drug-likeness (QED) is 0.504. The summed E-state index contributed by atoms with van der Waals surface area (Å²) < 4.78 is 12.0. The lowest BCUT2D eigenvalue weighted by atomic mass is 9.79. The van der Waals surface area contributed by atoms with Crippen LogP contribution < -0.4 is 16.0 Å². The van der Waals surface area contributed by atoms with Gasteiger partial charge in [0.2, 0.25) is 5.91 Å². The van der Waals surface area contributed by atoms with Crippen molar-refractivity contribution in [1.82, 2.24) is 16.0 Å². The van der Waals surface area contributed by atoms with E-state index in [1.807, 2.05) is 48.0 Å². The predicted octanol–water partition coefficient (Wildman–Crippen LogP) is 0.226. The third kappa shape index (κ3) is 2.43. The fourth-order valence-electron chi connectivity index (χ4n) is 1.94. The van der Waals surface area contributed by atoms with Crippen LogP contribution >= 0.6 is 0 Å². The molecular formula is C12H23BN4O2. The molecule has 1 saturated heterocycles. The minimum Gasteiger partial charge on any atom is -0.399 e. The highest BCUT2D eigenvalue weighted by molar-refractivity contribution is 6.60. The minimum atomic E-state index is -0.660. The SMILES string of the molecule is CNC1(NC)N=CC(B2OC(C)(C)C(C)(C)O2)=CN1. The largest absolute Gasteiger partial charge is 0.497 e. The van der Waals surface area contributed by atoms with Gasteiger partial charge < -0.3 is 14.6 Å². The van der Waals surface area contributed by atoms with Gasteiger partial charge in [-0.2, -0.15) is 0 Å². The van der Waals surface area contributed by atoms with Crippen molar-refractivity contribution < 1.29 is 9.31 Å². The molecule has 0 aromatic heterocycles. The van der Waals surface area contributed by atoms with E-state index in [0.717, 1.165) is 5.47 Å². The van der Waals surface area contributed by atoms with E-state index in [9.17, 15) is 0 Å². The standard InChI is InChI=1S/C12H23BN4O2/c1-10(2)11(3,4)19-13(18-10)9-7-16-12(14-5,15-6)17-8-9/h7-8,14-16H,1-6H3. The zero-order chi connectivity index (χ0) is 14.3. The highest BCUT2D eigenvalue weighted by atomic mass is 16.7. The topological polar surface area (TPSA) is 66.9 Å². The lowest BCUT2D eigenvalue weighted by molar-refractivity contribution is 0.00578. The van der Waals surface area contributed by atoms with Crippen molar-refractivity contribution in [2.75, 3.05) is 14.1 Å². The first kappa shape index (κ1) is 14.5. The van der Waals surface area contributed by atoms with Gasteiger partial charge in [-0.25, -0.2) is 4.99 Å². The summed E-state index contributed by atoms with van der Waals surface area (Å²) in [6.07, 6.45) is 3.63. The van der Waals surface area contributed by atoms with Crippen LogP contribution in [-0.4, -0.2) is 44.5 Å². The maximum Gasteiger partial charge on any atom is 0.497 e. The summed E-state index contributed by atoms with van der Waals surface area (Å²) in [7, 11) is 3.26. The van der Waals surface area contributed by atoms with Gasteiger partial charge in [-0.1, -0.05) is 0 Å². The summed E-state index contributed by atoms with van der Waals surface area (Å²) in [5, 5.41) is 9.30. The van der Waals surface area contributed by atoms with Crippen molar-refractivity contribution in [3.8, 4) is 0 Å². The average Bonchev–Trinajstić information content (AvgIpc) is 2.58. The summed E-state index contributed by atoms with van der Waals surface area (Å²) in [5.41, 5.74) is 0.194. The van der Waals surface area contributed by atoms with Crippen molar-refractivity contribution in [3.63, 3.8) is 0 Å². The van der Waals surface area contributed by atoms with Crippen molar-refractivity contribution >= 4 is 13.3 Å². The summed E-state index contributed by atoms with van der Waals surface area (Å²) in [5.74, 6) is -0.660. The molecule has 0 aromatic carbocycles. The average molecular weight is 266 g/mol. The van der Waals surface area contributed by atoms with Crippen LogP contribution in [0.5, 0.6) is 0 Å². The van der Waals surface area contributed by atoms with Crippen molar-refractivity contribution in [3.05, 3.63) is 11.7 Å². The zero-order valence-electron chi connectivity index (χ0n) is 12.5. The minimum absolute atomic E-state index is 0.340. The van der Waals surface area contributed by atoms with E-state index >= 15 is 0 Å². The van der Waals surface area contributed by atoms with Crippen LogP contribution in [0, 0.1) is 0 Å². The van der Waals surface area contributed by atoms with E-state index in [1.165, 1.54) is 0 Å². The molecule has 0 spiro atoms. The van der Waals surface area contributed by atoms with E-state index in [0.29, 0.717) is 0 Å². The molecule has 0 radical (unpaired) electrons. The number of aliphatic imine (C=N–C) groups is 1. The summed E-state index contributed by atoms with van der Waals surface area (Å²) in [4.78, 5) is 4.43. The van der Waals surface area contributed by atoms with Gasteiger partial charge in [0.05, 0.1) is 11.2 Å². The zero-order valence-corrected chi connectivity index (χ0v) is 12.5. The fourth-order valence-corrected chi connectivity index (χ4v) is 1.94. The van der Waals surface area contributed by atoms with Gasteiger partial charge >= 0.3 is 7.12 Å². The third-order valence-corrected chi connectivity index (χ3v) is 4.10. The number of rotatable bonds is 3. The molecule has 19 heavy (non-hydrogen) atoms. The van der Waals surface area contributed by atoms with Gasteiger partial charge in [-0.3, -0.25) is 10.6 Å². The Balaban J connectivity index is 2.12. The number of nitrogens with one attached hydrogen (secondary N) is 3. The van der Waals surface area contributed by atoms with Crippen LogP contribution in [0.1, 0.15) is 27.7 Å². The molecule has 2 heterocycles. The molecule has 0 amide bonds. The Hall–Kier alpha value is -0.885. The highest BCUT2D eigenvalue weighted by Crippen LogP contribution is 2.38. The Bertz CT molecular complexity index is 400. The second-order valence-corrected chi connectivity index (χ2v) is 5.85. The second-order valence-electron chi connectivity index (χ2n) is 5.85. The molecule has 2 aliphatic heterocycles. The Morgan fingerprint density at radius 2 is 1.63 bits per heavy atom. The molecule has 7 heteroatoms. The van der Waals surface area contributed by atoms with Gasteiger partial charge in [0, 0.05) is 17.9 Å². The van der Waals surface area contributed by atoms with Crippen molar-refractivity contribution in [2.45, 2.75) is 44.8 Å². The second kappa shape index (κ2) is 4.59. The van der Waals surface area contributed by atoms with Crippen LogP contribution in [0.15, 0.2) is 16.7 Å². The molecule has 2 aliphatic rings. The number of nitrogens with zero attached hydrogens (tertiary/aromatic N) is 1. The van der Waals surface area contributed by atoms with Crippen LogP contribution in [0.4, 0.5) is 0 Å². The van der Waals surface area contributed by atoms with Crippen LogP contribution in [-0.2, 0) is 9.31 Å². The van der Waals surface area contributed by atoms with E-state index in [1.54, 1.807) is 6.21 Å². The van der Waals surface area contributed by atoms with Crippen LogP contribution in [0.2, 0.25) is 0 Å². The normalized spacial score (nSPS) is 27.1. The maximum atomic E-state index is 5.98. The third-order valence-electron chi connectivity index (χ3n) is 4.10. The van der Waals surface area contributed by atoms with Gasteiger partial charge in [-0.15, -0.1) is 0 Å². The number of allylic oxidation sites excluding steroid dienone is 1. The fraction of sp³-hybridized carbons (Fsp3) is 0.750. The molecule has 3 N–H and O–H groups in total. The van der Waals surface area contributed by atoms with Gasteiger partial charge in [0.1, 0.15) is 0 Å². The molecule has 0 atom stereocenters. The van der Waals surface area contributed by atoms with Gasteiger partial charge in [0.15, 0.2) is 0 Å². The molecule has 0 bridgehead atoms. The molecule has 6 nitrogen and oxygen atoms in total. The Morgan fingerprint density at radius 3 is 2.00 bits per heavy atom. The van der Waals surface area contributed by atoms with E-state index in [2.05, 4.69) is 20.9 Å². The summed E-state index contributed by atoms with van der Waals surface area (Å²) >= 11 is 0. The molecule has 106 valence electrons. The Kier molecular flexibility index (Phi) is 3.51. The molecule has 2 rings (SSSR count). The lowest BCUT2D eigenvalue weighted by Crippen LogP contribution is -2.62. The first-order valence-corrected chi connectivity index (χ1v) is 6.52. The van der Waals surface area contributed by atoms with E-state index in [-0.39, 0.29) is 11.2 Å². The first-order valence-electron chi connectivity index (χ1n) is 6.52. The molecule has 0 aromatic rings. The van der Waals surface area contributed by atoms with Crippen LogP contribution in [0.3, 0.4) is 0 Å². The van der Waals surface area contributed by atoms with Crippen molar-refractivity contribution in [1.29, 1.82) is 0 Å². The maximum absolute atomic E-state index is 5.98.